The van der Waals surface area contributed by atoms with Gasteiger partial charge in [0.1, 0.15) is 0 Å². The van der Waals surface area contributed by atoms with Crippen LogP contribution in [0.5, 0.6) is 0 Å². The molecule has 0 N–H and O–H groups in total. The van der Waals surface area contributed by atoms with Gasteiger partial charge < -0.3 is 0 Å². The lowest BCUT2D eigenvalue weighted by molar-refractivity contribution is 1.27. The number of para-hydroxylation sites is 2. The third kappa shape index (κ3) is 6.66. The molecule has 0 saturated carbocycles. The number of hydrogen-bond donors (Lipinski definition) is 0. The van der Waals surface area contributed by atoms with E-state index in [2.05, 4.69) is 121 Å². The number of nitrogens with zero attached hydrogens (tertiary/aromatic N) is 5. The Bertz CT molecular complexity index is 2980. The minimum atomic E-state index is 0.611. The van der Waals surface area contributed by atoms with Crippen molar-refractivity contribution in [3.63, 3.8) is 0 Å². The second kappa shape index (κ2) is 14.9. The van der Waals surface area contributed by atoms with Crippen LogP contribution in [0.3, 0.4) is 0 Å². The highest BCUT2D eigenvalue weighted by molar-refractivity contribution is 5.98. The van der Waals surface area contributed by atoms with Gasteiger partial charge in [-0.1, -0.05) is 121 Å². The molecule has 0 atom stereocenters. The van der Waals surface area contributed by atoms with Crippen molar-refractivity contribution in [2.75, 3.05) is 0 Å². The predicted octanol–water partition coefficient (Wildman–Crippen LogP) is 13.1. The Kier molecular flexibility index (Phi) is 8.83. The number of pyridine rings is 4. The minimum Gasteiger partial charge on any atom is -0.246 e. The van der Waals surface area contributed by atoms with E-state index in [9.17, 15) is 5.26 Å². The SMILES string of the molecule is N#Cc1ccc(-c2cc(-c3cccc(-c4cc(-c5ccccc5)c5ccccc5n4)n3)cc(-c3cccc(-c4cc(-c5ccccc5)c5ccccc5n4)n3)c2)cc1. The molecule has 0 amide bonds. The van der Waals surface area contributed by atoms with Crippen molar-refractivity contribution in [3.8, 4) is 84.7 Å². The predicted molar refractivity (Wildman–Crippen MR) is 235 cm³/mol. The fourth-order valence-electron chi connectivity index (χ4n) is 7.63. The van der Waals surface area contributed by atoms with Crippen molar-refractivity contribution < 1.29 is 0 Å². The third-order valence-electron chi connectivity index (χ3n) is 10.5. The monoisotopic (exact) mass is 739 g/mol. The molecule has 270 valence electrons. The van der Waals surface area contributed by atoms with Gasteiger partial charge in [0, 0.05) is 21.9 Å². The summed E-state index contributed by atoms with van der Waals surface area (Å²) in [5, 5.41) is 11.7. The normalized spacial score (nSPS) is 11.1. The van der Waals surface area contributed by atoms with Crippen molar-refractivity contribution in [1.29, 1.82) is 5.26 Å². The van der Waals surface area contributed by atoms with Crippen LogP contribution in [-0.2, 0) is 0 Å². The molecule has 0 aliphatic rings. The van der Waals surface area contributed by atoms with Gasteiger partial charge in [0.25, 0.3) is 0 Å². The van der Waals surface area contributed by atoms with E-state index in [-0.39, 0.29) is 0 Å². The van der Waals surface area contributed by atoms with Crippen LogP contribution in [0.4, 0.5) is 0 Å². The van der Waals surface area contributed by atoms with Crippen LogP contribution in [0.1, 0.15) is 5.56 Å². The fraction of sp³-hybridized carbons (Fsp3) is 0. The summed E-state index contributed by atoms with van der Waals surface area (Å²) in [4.78, 5) is 20.7. The van der Waals surface area contributed by atoms with Crippen molar-refractivity contribution >= 4 is 21.8 Å². The molecule has 5 heteroatoms. The first-order valence-corrected chi connectivity index (χ1v) is 19.2. The van der Waals surface area contributed by atoms with Crippen LogP contribution in [0.25, 0.3) is 100 Å². The molecule has 0 aliphatic heterocycles. The molecule has 10 aromatic rings. The van der Waals surface area contributed by atoms with Crippen LogP contribution < -0.4 is 0 Å². The maximum absolute atomic E-state index is 9.53. The lowest BCUT2D eigenvalue weighted by Gasteiger charge is -2.13. The molecule has 4 aromatic heterocycles. The summed E-state index contributed by atoms with van der Waals surface area (Å²) in [7, 11) is 0. The number of rotatable bonds is 7. The molecule has 0 spiro atoms. The van der Waals surface area contributed by atoms with Crippen molar-refractivity contribution in [2.45, 2.75) is 0 Å². The van der Waals surface area contributed by atoms with Gasteiger partial charge in [-0.05, 0) is 112 Å². The third-order valence-corrected chi connectivity index (χ3v) is 10.5. The standard InChI is InChI=1S/C53H33N5/c54-34-35-25-27-36(28-26-35)39-29-40(46-21-11-23-50(55-46)52-32-44(37-13-3-1-4-14-37)42-17-7-9-19-48(42)57-52)31-41(30-39)47-22-12-24-51(56-47)53-33-45(38-15-5-2-6-16-38)43-18-8-10-20-49(43)58-53/h1-33H. The van der Waals surface area contributed by atoms with Gasteiger partial charge in [0.15, 0.2) is 0 Å². The first kappa shape index (κ1) is 34.4. The topological polar surface area (TPSA) is 75.3 Å². The molecule has 0 saturated heterocycles. The highest BCUT2D eigenvalue weighted by atomic mass is 14.8. The second-order valence-electron chi connectivity index (χ2n) is 14.2. The number of benzene rings is 6. The highest BCUT2D eigenvalue weighted by Crippen LogP contribution is 2.36. The summed E-state index contributed by atoms with van der Waals surface area (Å²) in [5.74, 6) is 0. The molecule has 6 aromatic carbocycles. The van der Waals surface area contributed by atoms with Gasteiger partial charge in [-0.15, -0.1) is 0 Å². The summed E-state index contributed by atoms with van der Waals surface area (Å²) >= 11 is 0. The molecular weight excluding hydrogens is 707 g/mol. The molecule has 5 nitrogen and oxygen atoms in total. The van der Waals surface area contributed by atoms with Gasteiger partial charge in [-0.25, -0.2) is 19.9 Å². The molecule has 0 bridgehead atoms. The summed E-state index contributed by atoms with van der Waals surface area (Å²) in [6, 6.07) is 70.2. The zero-order valence-corrected chi connectivity index (χ0v) is 31.3. The molecule has 10 rings (SSSR count). The van der Waals surface area contributed by atoms with Crippen molar-refractivity contribution in [3.05, 3.63) is 206 Å². The molecule has 4 heterocycles. The summed E-state index contributed by atoms with van der Waals surface area (Å²) in [6.07, 6.45) is 0. The van der Waals surface area contributed by atoms with E-state index in [1.165, 1.54) is 0 Å². The smallest absolute Gasteiger partial charge is 0.0991 e. The lowest BCUT2D eigenvalue weighted by atomic mass is 9.95. The molecule has 0 aliphatic carbocycles. The second-order valence-corrected chi connectivity index (χ2v) is 14.2. The molecular formula is C53H33N5. The maximum atomic E-state index is 9.53. The largest absolute Gasteiger partial charge is 0.246 e. The van der Waals surface area contributed by atoms with Crippen molar-refractivity contribution in [2.24, 2.45) is 0 Å². The van der Waals surface area contributed by atoms with E-state index in [1.54, 1.807) is 0 Å². The molecule has 0 fully saturated rings. The fourth-order valence-corrected chi connectivity index (χ4v) is 7.63. The molecule has 0 unspecified atom stereocenters. The average Bonchev–Trinajstić information content (AvgIpc) is 3.31. The number of hydrogen-bond acceptors (Lipinski definition) is 5. The van der Waals surface area contributed by atoms with Gasteiger partial charge in [-0.3, -0.25) is 0 Å². The Hall–Kier alpha value is -8.07. The van der Waals surface area contributed by atoms with E-state index in [0.29, 0.717) is 5.56 Å². The van der Waals surface area contributed by atoms with E-state index >= 15 is 0 Å². The van der Waals surface area contributed by atoms with Crippen LogP contribution in [-0.4, -0.2) is 19.9 Å². The van der Waals surface area contributed by atoms with E-state index in [4.69, 9.17) is 19.9 Å². The van der Waals surface area contributed by atoms with Gasteiger partial charge in [-0.2, -0.15) is 5.26 Å². The number of nitriles is 1. The van der Waals surface area contributed by atoms with Gasteiger partial charge in [0.2, 0.25) is 0 Å². The minimum absolute atomic E-state index is 0.611. The zero-order valence-electron chi connectivity index (χ0n) is 31.3. The van der Waals surface area contributed by atoms with Crippen molar-refractivity contribution in [1.82, 2.24) is 19.9 Å². The Morgan fingerprint density at radius 2 is 0.724 bits per heavy atom. The number of fused-ring (bicyclic) bond motifs is 2. The Morgan fingerprint density at radius 3 is 1.21 bits per heavy atom. The van der Waals surface area contributed by atoms with Crippen LogP contribution in [0.15, 0.2) is 200 Å². The highest BCUT2D eigenvalue weighted by Gasteiger charge is 2.15. The summed E-state index contributed by atoms with van der Waals surface area (Å²) in [5.41, 5.74) is 15.6. The zero-order chi connectivity index (χ0) is 38.8. The number of aromatic nitrogens is 4. The Labute approximate surface area is 336 Å². The Balaban J connectivity index is 1.10. The van der Waals surface area contributed by atoms with E-state index in [1.807, 2.05) is 84.9 Å². The summed E-state index contributed by atoms with van der Waals surface area (Å²) in [6.45, 7) is 0. The lowest BCUT2D eigenvalue weighted by Crippen LogP contribution is -1.95. The van der Waals surface area contributed by atoms with E-state index in [0.717, 1.165) is 100 Å². The van der Waals surface area contributed by atoms with Gasteiger partial charge in [0.05, 0.1) is 56.8 Å². The van der Waals surface area contributed by atoms with Crippen LogP contribution in [0, 0.1) is 11.3 Å². The van der Waals surface area contributed by atoms with Gasteiger partial charge >= 0.3 is 0 Å². The Morgan fingerprint density at radius 1 is 0.293 bits per heavy atom. The quantitative estimate of drug-likeness (QED) is 0.163. The first-order chi connectivity index (χ1) is 28.7. The van der Waals surface area contributed by atoms with E-state index < -0.39 is 0 Å². The maximum Gasteiger partial charge on any atom is 0.0991 e. The molecule has 58 heavy (non-hydrogen) atoms. The first-order valence-electron chi connectivity index (χ1n) is 19.2. The molecule has 0 radical (unpaired) electrons. The average molecular weight is 740 g/mol. The summed E-state index contributed by atoms with van der Waals surface area (Å²) < 4.78 is 0. The van der Waals surface area contributed by atoms with Crippen LogP contribution >= 0.6 is 0 Å². The van der Waals surface area contributed by atoms with Crippen LogP contribution in [0.2, 0.25) is 0 Å².